The minimum Gasteiger partial charge on any atom is -0.449 e. The van der Waals surface area contributed by atoms with Gasteiger partial charge in [-0.1, -0.05) is 6.07 Å². The molecule has 1 fully saturated rings. The van der Waals surface area contributed by atoms with Gasteiger partial charge in [0.15, 0.2) is 11.3 Å². The van der Waals surface area contributed by atoms with Gasteiger partial charge in [0, 0.05) is 44.1 Å². The van der Waals surface area contributed by atoms with Crippen molar-refractivity contribution in [3.8, 4) is 0 Å². The summed E-state index contributed by atoms with van der Waals surface area (Å²) in [5.74, 6) is -0.0205. The fourth-order valence-electron chi connectivity index (χ4n) is 3.18. The quantitative estimate of drug-likeness (QED) is 0.684. The summed E-state index contributed by atoms with van der Waals surface area (Å²) >= 11 is 0. The number of hydrogen-bond donors (Lipinski definition) is 0. The maximum Gasteiger partial charge on any atom is 0.416 e. The van der Waals surface area contributed by atoms with Gasteiger partial charge in [0.05, 0.1) is 5.56 Å². The number of carbonyl (C=O) groups excluding carboxylic acids is 1. The molecule has 1 saturated heterocycles. The van der Waals surface area contributed by atoms with Gasteiger partial charge < -0.3 is 14.2 Å². The van der Waals surface area contributed by atoms with E-state index in [1.54, 1.807) is 35.4 Å². The molecule has 4 rings (SSSR count). The summed E-state index contributed by atoms with van der Waals surface area (Å²) in [7, 11) is 0. The van der Waals surface area contributed by atoms with E-state index in [1.807, 2.05) is 4.90 Å². The van der Waals surface area contributed by atoms with E-state index in [9.17, 15) is 18.0 Å². The number of benzene rings is 1. The molecule has 1 aromatic carbocycles. The van der Waals surface area contributed by atoms with Crippen LogP contribution in [-0.2, 0) is 6.18 Å². The number of halogens is 3. The van der Waals surface area contributed by atoms with Gasteiger partial charge in [-0.25, -0.2) is 0 Å². The van der Waals surface area contributed by atoms with Gasteiger partial charge in [-0.3, -0.25) is 9.78 Å². The lowest BCUT2D eigenvalue weighted by molar-refractivity contribution is -0.137. The third-order valence-corrected chi connectivity index (χ3v) is 4.60. The average molecular weight is 375 g/mol. The highest BCUT2D eigenvalue weighted by Crippen LogP contribution is 2.32. The minimum atomic E-state index is -4.37. The molecule has 1 amide bonds. The third-order valence-electron chi connectivity index (χ3n) is 4.60. The van der Waals surface area contributed by atoms with Gasteiger partial charge in [0.1, 0.15) is 5.52 Å². The molecule has 0 radical (unpaired) electrons. The molecule has 1 aliphatic heterocycles. The number of pyridine rings is 1. The van der Waals surface area contributed by atoms with Crippen LogP contribution in [0.1, 0.15) is 16.1 Å². The van der Waals surface area contributed by atoms with Crippen molar-refractivity contribution in [2.24, 2.45) is 0 Å². The van der Waals surface area contributed by atoms with Crippen LogP contribution in [0.15, 0.2) is 53.1 Å². The van der Waals surface area contributed by atoms with Crippen LogP contribution < -0.4 is 4.90 Å². The standard InChI is InChI=1S/C19H16F3N3O2/c20-19(21,22)13-3-1-4-14(11-13)24-7-9-25(10-8-24)18(26)17-12-15-16(27-17)5-2-6-23-15/h1-6,11-12H,7-10H2. The average Bonchev–Trinajstić information content (AvgIpc) is 3.11. The highest BCUT2D eigenvalue weighted by atomic mass is 19.4. The Morgan fingerprint density at radius 1 is 1.04 bits per heavy atom. The predicted molar refractivity (Wildman–Crippen MR) is 93.6 cm³/mol. The smallest absolute Gasteiger partial charge is 0.416 e. The Morgan fingerprint density at radius 3 is 2.52 bits per heavy atom. The van der Waals surface area contributed by atoms with Crippen molar-refractivity contribution in [3.05, 3.63) is 60.0 Å². The molecule has 0 aliphatic carbocycles. The molecule has 0 saturated carbocycles. The highest BCUT2D eigenvalue weighted by Gasteiger charge is 2.31. The first-order chi connectivity index (χ1) is 12.9. The van der Waals surface area contributed by atoms with Crippen molar-refractivity contribution in [1.82, 2.24) is 9.88 Å². The predicted octanol–water partition coefficient (Wildman–Crippen LogP) is 3.81. The van der Waals surface area contributed by atoms with Gasteiger partial charge in [-0.2, -0.15) is 13.2 Å². The molecule has 0 N–H and O–H groups in total. The number of fused-ring (bicyclic) bond motifs is 1. The van der Waals surface area contributed by atoms with Crippen molar-refractivity contribution >= 4 is 22.7 Å². The molecular formula is C19H16F3N3O2. The topological polar surface area (TPSA) is 49.6 Å². The number of alkyl halides is 3. The Bertz CT molecular complexity index is 942. The first-order valence-electron chi connectivity index (χ1n) is 8.48. The lowest BCUT2D eigenvalue weighted by Gasteiger charge is -2.36. The molecule has 140 valence electrons. The van der Waals surface area contributed by atoms with E-state index < -0.39 is 11.7 Å². The number of amides is 1. The summed E-state index contributed by atoms with van der Waals surface area (Å²) in [6.45, 7) is 1.70. The van der Waals surface area contributed by atoms with Gasteiger partial charge in [-0.05, 0) is 30.3 Å². The second-order valence-electron chi connectivity index (χ2n) is 6.32. The Balaban J connectivity index is 1.45. The molecule has 0 bridgehead atoms. The number of anilines is 1. The van der Waals surface area contributed by atoms with Crippen LogP contribution in [-0.4, -0.2) is 42.0 Å². The lowest BCUT2D eigenvalue weighted by atomic mass is 10.1. The van der Waals surface area contributed by atoms with Crippen molar-refractivity contribution in [2.75, 3.05) is 31.1 Å². The number of hydrogen-bond acceptors (Lipinski definition) is 4. The van der Waals surface area contributed by atoms with E-state index in [0.29, 0.717) is 43.0 Å². The van der Waals surface area contributed by atoms with Crippen molar-refractivity contribution in [3.63, 3.8) is 0 Å². The third kappa shape index (κ3) is 3.47. The maximum absolute atomic E-state index is 12.9. The second-order valence-corrected chi connectivity index (χ2v) is 6.32. The van der Waals surface area contributed by atoms with E-state index in [0.717, 1.165) is 12.1 Å². The summed E-state index contributed by atoms with van der Waals surface area (Å²) in [4.78, 5) is 20.3. The van der Waals surface area contributed by atoms with E-state index >= 15 is 0 Å². The molecule has 1 aliphatic rings. The number of nitrogens with zero attached hydrogens (tertiary/aromatic N) is 3. The maximum atomic E-state index is 12.9. The van der Waals surface area contributed by atoms with Crippen molar-refractivity contribution in [2.45, 2.75) is 6.18 Å². The number of aromatic nitrogens is 1. The van der Waals surface area contributed by atoms with E-state index in [1.165, 1.54) is 6.07 Å². The lowest BCUT2D eigenvalue weighted by Crippen LogP contribution is -2.48. The molecule has 3 heterocycles. The van der Waals surface area contributed by atoms with Crippen LogP contribution in [0.4, 0.5) is 18.9 Å². The van der Waals surface area contributed by atoms with Crippen molar-refractivity contribution < 1.29 is 22.4 Å². The summed E-state index contributed by atoms with van der Waals surface area (Å²) < 4.78 is 44.2. The number of rotatable bonds is 2. The molecule has 0 spiro atoms. The summed E-state index contributed by atoms with van der Waals surface area (Å²) in [6, 6.07) is 10.3. The Labute approximate surface area is 153 Å². The number of piperazine rings is 1. The van der Waals surface area contributed by atoms with Crippen molar-refractivity contribution in [1.29, 1.82) is 0 Å². The molecule has 2 aromatic heterocycles. The SMILES string of the molecule is O=C(c1cc2ncccc2o1)N1CCN(c2cccc(C(F)(F)F)c2)CC1. The minimum absolute atomic E-state index is 0.219. The van der Waals surface area contributed by atoms with Crippen LogP contribution >= 0.6 is 0 Å². The molecule has 8 heteroatoms. The van der Waals surface area contributed by atoms with E-state index in [2.05, 4.69) is 4.98 Å². The normalized spacial score (nSPS) is 15.4. The van der Waals surface area contributed by atoms with Gasteiger partial charge in [0.25, 0.3) is 5.91 Å². The summed E-state index contributed by atoms with van der Waals surface area (Å²) in [5, 5.41) is 0. The molecule has 27 heavy (non-hydrogen) atoms. The molecule has 3 aromatic rings. The molecular weight excluding hydrogens is 359 g/mol. The molecule has 0 unspecified atom stereocenters. The second kappa shape index (κ2) is 6.61. The monoisotopic (exact) mass is 375 g/mol. The van der Waals surface area contributed by atoms with Crippen LogP contribution in [0, 0.1) is 0 Å². The zero-order valence-corrected chi connectivity index (χ0v) is 14.2. The van der Waals surface area contributed by atoms with Crippen LogP contribution in [0.3, 0.4) is 0 Å². The van der Waals surface area contributed by atoms with Gasteiger partial charge in [-0.15, -0.1) is 0 Å². The zero-order valence-electron chi connectivity index (χ0n) is 14.2. The van der Waals surface area contributed by atoms with E-state index in [-0.39, 0.29) is 11.7 Å². The Kier molecular flexibility index (Phi) is 4.25. The Morgan fingerprint density at radius 2 is 1.81 bits per heavy atom. The molecule has 5 nitrogen and oxygen atoms in total. The highest BCUT2D eigenvalue weighted by molar-refractivity contribution is 5.95. The fourth-order valence-corrected chi connectivity index (χ4v) is 3.18. The number of carbonyl (C=O) groups is 1. The van der Waals surface area contributed by atoms with Gasteiger partial charge in [0.2, 0.25) is 0 Å². The fraction of sp³-hybridized carbons (Fsp3) is 0.263. The largest absolute Gasteiger partial charge is 0.449 e. The summed E-state index contributed by atoms with van der Waals surface area (Å²) in [5.41, 5.74) is 0.991. The van der Waals surface area contributed by atoms with Crippen LogP contribution in [0.25, 0.3) is 11.1 Å². The Hall–Kier alpha value is -3.03. The van der Waals surface area contributed by atoms with Crippen LogP contribution in [0.5, 0.6) is 0 Å². The van der Waals surface area contributed by atoms with Crippen LogP contribution in [0.2, 0.25) is 0 Å². The first kappa shape index (κ1) is 17.4. The zero-order chi connectivity index (χ0) is 19.0. The number of furan rings is 1. The van der Waals surface area contributed by atoms with Gasteiger partial charge >= 0.3 is 6.18 Å². The first-order valence-corrected chi connectivity index (χ1v) is 8.48. The van der Waals surface area contributed by atoms with E-state index in [4.69, 9.17) is 4.42 Å². The summed E-state index contributed by atoms with van der Waals surface area (Å²) in [6.07, 6.45) is -2.75. The molecule has 0 atom stereocenters.